The van der Waals surface area contributed by atoms with Crippen molar-refractivity contribution in [3.8, 4) is 0 Å². The first-order chi connectivity index (χ1) is 5.83. The Labute approximate surface area is 72.6 Å². The zero-order valence-corrected chi connectivity index (χ0v) is 7.40. The summed E-state index contributed by atoms with van der Waals surface area (Å²) >= 11 is 0. The summed E-state index contributed by atoms with van der Waals surface area (Å²) in [5, 5.41) is 0. The number of hydrogen-bond acceptors (Lipinski definition) is 2. The molecule has 2 N–H and O–H groups in total. The van der Waals surface area contributed by atoms with E-state index in [1.807, 2.05) is 12.4 Å². The Morgan fingerprint density at radius 1 is 1.75 bits per heavy atom. The van der Waals surface area contributed by atoms with E-state index < -0.39 is 0 Å². The molecule has 1 aromatic heterocycles. The van der Waals surface area contributed by atoms with E-state index in [0.29, 0.717) is 5.92 Å². The summed E-state index contributed by atoms with van der Waals surface area (Å²) in [7, 11) is 0. The molecule has 66 valence electrons. The Morgan fingerprint density at radius 2 is 2.50 bits per heavy atom. The van der Waals surface area contributed by atoms with Crippen LogP contribution in [0.1, 0.15) is 31.6 Å². The van der Waals surface area contributed by atoms with E-state index in [9.17, 15) is 0 Å². The van der Waals surface area contributed by atoms with Gasteiger partial charge in [-0.05, 0) is 25.7 Å². The highest BCUT2D eigenvalue weighted by Gasteiger charge is 2.31. The minimum atomic E-state index is 0.167. The first-order valence-electron chi connectivity index (χ1n) is 4.59. The van der Waals surface area contributed by atoms with Crippen molar-refractivity contribution in [2.24, 2.45) is 11.7 Å². The molecule has 2 rings (SSSR count). The first kappa shape index (κ1) is 7.80. The van der Waals surface area contributed by atoms with E-state index >= 15 is 0 Å². The maximum Gasteiger partial charge on any atom is 0.125 e. The zero-order chi connectivity index (χ0) is 8.55. The van der Waals surface area contributed by atoms with Crippen molar-refractivity contribution in [3.63, 3.8) is 0 Å². The fourth-order valence-electron chi connectivity index (χ4n) is 1.55. The number of nitrogens with two attached hydrogens (primary N) is 1. The summed E-state index contributed by atoms with van der Waals surface area (Å²) in [6.07, 6.45) is 6.38. The lowest BCUT2D eigenvalue weighted by atomic mass is 10.2. The molecule has 0 spiro atoms. The van der Waals surface area contributed by atoms with E-state index in [1.54, 1.807) is 0 Å². The predicted molar refractivity (Wildman–Crippen MR) is 47.6 cm³/mol. The number of nitrogens with zero attached hydrogens (tertiary/aromatic N) is 2. The van der Waals surface area contributed by atoms with E-state index in [-0.39, 0.29) is 6.04 Å². The summed E-state index contributed by atoms with van der Waals surface area (Å²) in [6, 6.07) is 0.167. The van der Waals surface area contributed by atoms with Gasteiger partial charge in [0.15, 0.2) is 0 Å². The molecule has 0 saturated heterocycles. The Hall–Kier alpha value is -0.830. The van der Waals surface area contributed by atoms with Crippen LogP contribution in [0.3, 0.4) is 0 Å². The van der Waals surface area contributed by atoms with Crippen molar-refractivity contribution >= 4 is 0 Å². The lowest BCUT2D eigenvalue weighted by molar-refractivity contribution is 0.551. The quantitative estimate of drug-likeness (QED) is 0.734. The van der Waals surface area contributed by atoms with Crippen molar-refractivity contribution < 1.29 is 0 Å². The molecule has 3 heteroatoms. The highest BCUT2D eigenvalue weighted by Crippen LogP contribution is 2.38. The predicted octanol–water partition coefficient (Wildman–Crippen LogP) is 1.31. The highest BCUT2D eigenvalue weighted by atomic mass is 15.1. The molecule has 1 aliphatic rings. The number of rotatable bonds is 3. The van der Waals surface area contributed by atoms with Crippen LogP contribution in [0.4, 0.5) is 0 Å². The smallest absolute Gasteiger partial charge is 0.125 e. The monoisotopic (exact) mass is 165 g/mol. The van der Waals surface area contributed by atoms with Crippen LogP contribution in [0.25, 0.3) is 0 Å². The van der Waals surface area contributed by atoms with Gasteiger partial charge in [-0.15, -0.1) is 0 Å². The Morgan fingerprint density at radius 3 is 3.08 bits per heavy atom. The lowest BCUT2D eigenvalue weighted by Gasteiger charge is -2.11. The topological polar surface area (TPSA) is 43.8 Å². The van der Waals surface area contributed by atoms with Crippen molar-refractivity contribution in [2.75, 3.05) is 0 Å². The molecule has 3 nitrogen and oxygen atoms in total. The minimum absolute atomic E-state index is 0.167. The molecule has 1 aliphatic carbocycles. The highest BCUT2D eigenvalue weighted by molar-refractivity contribution is 5.03. The molecular formula is C9H15N3. The lowest BCUT2D eigenvalue weighted by Crippen LogP contribution is -2.17. The largest absolute Gasteiger partial charge is 0.334 e. The third-order valence-electron chi connectivity index (χ3n) is 2.52. The normalized spacial score (nSPS) is 19.5. The summed E-state index contributed by atoms with van der Waals surface area (Å²) in [5.74, 6) is 1.75. The maximum absolute atomic E-state index is 6.04. The van der Waals surface area contributed by atoms with Gasteiger partial charge in [-0.25, -0.2) is 4.98 Å². The molecule has 1 aromatic rings. The van der Waals surface area contributed by atoms with Gasteiger partial charge >= 0.3 is 0 Å². The van der Waals surface area contributed by atoms with E-state index in [1.165, 1.54) is 12.8 Å². The summed E-state index contributed by atoms with van der Waals surface area (Å²) in [4.78, 5) is 4.29. The van der Waals surface area contributed by atoms with Gasteiger partial charge in [0.2, 0.25) is 0 Å². The Bertz CT molecular complexity index is 262. The van der Waals surface area contributed by atoms with Crippen LogP contribution in [-0.2, 0) is 6.54 Å². The van der Waals surface area contributed by atoms with Crippen molar-refractivity contribution in [1.29, 1.82) is 0 Å². The molecule has 0 aromatic carbocycles. The molecule has 0 bridgehead atoms. The van der Waals surface area contributed by atoms with Gasteiger partial charge in [-0.2, -0.15) is 0 Å². The number of aromatic nitrogens is 2. The molecule has 1 atom stereocenters. The second-order valence-electron chi connectivity index (χ2n) is 3.43. The second kappa shape index (κ2) is 2.90. The number of imidazole rings is 1. The standard InChI is InChI=1S/C9H15N3/c1-2-12-6-5-11-9(12)8(10)7-3-4-7/h5-8H,2-4,10H2,1H3. The molecule has 12 heavy (non-hydrogen) atoms. The number of aryl methyl sites for hydroxylation is 1. The van der Waals surface area contributed by atoms with E-state index in [4.69, 9.17) is 5.73 Å². The summed E-state index contributed by atoms with van der Waals surface area (Å²) in [5.41, 5.74) is 6.04. The first-order valence-corrected chi connectivity index (χ1v) is 4.59. The van der Waals surface area contributed by atoms with Crippen molar-refractivity contribution in [2.45, 2.75) is 32.4 Å². The average Bonchev–Trinajstić information content (AvgIpc) is 2.82. The van der Waals surface area contributed by atoms with Crippen LogP contribution < -0.4 is 5.73 Å². The second-order valence-corrected chi connectivity index (χ2v) is 3.43. The van der Waals surface area contributed by atoms with Gasteiger partial charge < -0.3 is 10.3 Å². The molecule has 1 unspecified atom stereocenters. The molecule has 0 radical (unpaired) electrons. The fraction of sp³-hybridized carbons (Fsp3) is 0.667. The molecular weight excluding hydrogens is 150 g/mol. The SMILES string of the molecule is CCn1ccnc1C(N)C1CC1. The van der Waals surface area contributed by atoms with Crippen LogP contribution >= 0.6 is 0 Å². The molecule has 1 heterocycles. The molecule has 0 aliphatic heterocycles. The van der Waals surface area contributed by atoms with E-state index in [2.05, 4.69) is 16.5 Å². The fourth-order valence-corrected chi connectivity index (χ4v) is 1.55. The van der Waals surface area contributed by atoms with Crippen LogP contribution in [-0.4, -0.2) is 9.55 Å². The average molecular weight is 165 g/mol. The Balaban J connectivity index is 2.19. The maximum atomic E-state index is 6.04. The van der Waals surface area contributed by atoms with Crippen LogP contribution in [0.2, 0.25) is 0 Å². The van der Waals surface area contributed by atoms with Crippen molar-refractivity contribution in [3.05, 3.63) is 18.2 Å². The minimum Gasteiger partial charge on any atom is -0.334 e. The molecule has 1 fully saturated rings. The van der Waals surface area contributed by atoms with Gasteiger partial charge in [0.25, 0.3) is 0 Å². The molecule has 1 saturated carbocycles. The molecule has 0 amide bonds. The van der Waals surface area contributed by atoms with E-state index in [0.717, 1.165) is 12.4 Å². The zero-order valence-electron chi connectivity index (χ0n) is 7.40. The Kier molecular flexibility index (Phi) is 1.89. The van der Waals surface area contributed by atoms with Crippen LogP contribution in [0.5, 0.6) is 0 Å². The third kappa shape index (κ3) is 1.25. The van der Waals surface area contributed by atoms with Gasteiger partial charge in [-0.3, -0.25) is 0 Å². The van der Waals surface area contributed by atoms with Gasteiger partial charge in [0.1, 0.15) is 5.82 Å². The van der Waals surface area contributed by atoms with Crippen molar-refractivity contribution in [1.82, 2.24) is 9.55 Å². The van der Waals surface area contributed by atoms with Crippen LogP contribution in [0, 0.1) is 5.92 Å². The summed E-state index contributed by atoms with van der Waals surface area (Å²) < 4.78 is 2.13. The summed E-state index contributed by atoms with van der Waals surface area (Å²) in [6.45, 7) is 3.08. The number of hydrogen-bond donors (Lipinski definition) is 1. The van der Waals surface area contributed by atoms with Gasteiger partial charge in [0.05, 0.1) is 6.04 Å². The van der Waals surface area contributed by atoms with Gasteiger partial charge in [-0.1, -0.05) is 0 Å². The third-order valence-corrected chi connectivity index (χ3v) is 2.52. The van der Waals surface area contributed by atoms with Gasteiger partial charge in [0, 0.05) is 18.9 Å². The van der Waals surface area contributed by atoms with Crippen LogP contribution in [0.15, 0.2) is 12.4 Å².